The number of nitrogens with two attached hydrogens (primary N) is 1. The number of non-ortho nitro benzene ring substituents is 1. The summed E-state index contributed by atoms with van der Waals surface area (Å²) in [6, 6.07) is 11.4. The Morgan fingerprint density at radius 2 is 1.87 bits per heavy atom. The highest BCUT2D eigenvalue weighted by molar-refractivity contribution is 7.87. The zero-order valence-corrected chi connectivity index (χ0v) is 12.8. The number of rotatable bonds is 7. The summed E-state index contributed by atoms with van der Waals surface area (Å²) in [6.07, 6.45) is 0. The molecule has 0 spiro atoms. The molecule has 0 saturated carbocycles. The molecule has 0 atom stereocenters. The molecule has 0 aliphatic heterocycles. The molecule has 2 aromatic carbocycles. The standard InChI is InChI=1S/C14H15N3O5S/c15-8-9-16-13-7-6-11(17(18)19)10-14(13)23(20,21)22-12-4-2-1-3-5-12/h1-7,10,16H,8-9,15H2. The minimum absolute atomic E-state index is 0.115. The first-order valence-corrected chi connectivity index (χ1v) is 8.07. The number of hydrogen-bond acceptors (Lipinski definition) is 7. The smallest absolute Gasteiger partial charge is 0.341 e. The van der Waals surface area contributed by atoms with E-state index in [9.17, 15) is 18.5 Å². The highest BCUT2D eigenvalue weighted by Crippen LogP contribution is 2.28. The van der Waals surface area contributed by atoms with Crippen LogP contribution in [0.25, 0.3) is 0 Å². The van der Waals surface area contributed by atoms with E-state index in [-0.39, 0.29) is 28.6 Å². The van der Waals surface area contributed by atoms with E-state index in [2.05, 4.69) is 5.32 Å². The Labute approximate surface area is 133 Å². The molecule has 0 radical (unpaired) electrons. The van der Waals surface area contributed by atoms with Gasteiger partial charge < -0.3 is 15.2 Å². The summed E-state index contributed by atoms with van der Waals surface area (Å²) < 4.78 is 29.9. The van der Waals surface area contributed by atoms with Crippen LogP contribution in [0.3, 0.4) is 0 Å². The van der Waals surface area contributed by atoms with E-state index in [1.807, 2.05) is 0 Å². The van der Waals surface area contributed by atoms with Gasteiger partial charge in [0, 0.05) is 25.2 Å². The van der Waals surface area contributed by atoms with Crippen LogP contribution in [0.15, 0.2) is 53.4 Å². The number of para-hydroxylation sites is 1. The maximum Gasteiger partial charge on any atom is 0.341 e. The van der Waals surface area contributed by atoms with Gasteiger partial charge in [-0.2, -0.15) is 8.42 Å². The first-order chi connectivity index (χ1) is 10.9. The molecule has 0 saturated heterocycles. The van der Waals surface area contributed by atoms with Crippen LogP contribution in [-0.4, -0.2) is 26.4 Å². The van der Waals surface area contributed by atoms with Gasteiger partial charge in [0.15, 0.2) is 0 Å². The van der Waals surface area contributed by atoms with Crippen LogP contribution in [0.2, 0.25) is 0 Å². The summed E-state index contributed by atoms with van der Waals surface area (Å²) >= 11 is 0. The third kappa shape index (κ3) is 4.18. The van der Waals surface area contributed by atoms with Gasteiger partial charge in [0.25, 0.3) is 5.69 Å². The van der Waals surface area contributed by atoms with E-state index in [1.54, 1.807) is 18.2 Å². The van der Waals surface area contributed by atoms with Gasteiger partial charge in [0.1, 0.15) is 10.6 Å². The minimum Gasteiger partial charge on any atom is -0.383 e. The second kappa shape index (κ2) is 7.07. The molecular weight excluding hydrogens is 322 g/mol. The second-order valence-corrected chi connectivity index (χ2v) is 6.02. The maximum atomic E-state index is 12.4. The Hall–Kier alpha value is -2.65. The van der Waals surface area contributed by atoms with Crippen molar-refractivity contribution >= 4 is 21.5 Å². The first kappa shape index (κ1) is 16.7. The first-order valence-electron chi connectivity index (χ1n) is 6.66. The van der Waals surface area contributed by atoms with E-state index in [0.29, 0.717) is 6.54 Å². The van der Waals surface area contributed by atoms with E-state index >= 15 is 0 Å². The van der Waals surface area contributed by atoms with Crippen molar-refractivity contribution in [1.29, 1.82) is 0 Å². The lowest BCUT2D eigenvalue weighted by atomic mass is 10.3. The summed E-state index contributed by atoms with van der Waals surface area (Å²) in [5, 5.41) is 13.7. The summed E-state index contributed by atoms with van der Waals surface area (Å²) in [5.74, 6) is 0.115. The second-order valence-electron chi connectivity index (χ2n) is 4.50. The third-order valence-electron chi connectivity index (χ3n) is 2.85. The number of nitro groups is 1. The Kier molecular flexibility index (Phi) is 5.14. The van der Waals surface area contributed by atoms with E-state index < -0.39 is 15.0 Å². The van der Waals surface area contributed by atoms with Gasteiger partial charge >= 0.3 is 10.1 Å². The van der Waals surface area contributed by atoms with E-state index in [4.69, 9.17) is 9.92 Å². The SMILES string of the molecule is NCCNc1ccc([N+](=O)[O-])cc1S(=O)(=O)Oc1ccccc1. The van der Waals surface area contributed by atoms with Crippen LogP contribution in [-0.2, 0) is 10.1 Å². The van der Waals surface area contributed by atoms with Gasteiger partial charge in [-0.15, -0.1) is 0 Å². The normalized spacial score (nSPS) is 11.0. The minimum atomic E-state index is -4.24. The Bertz CT molecular complexity index is 793. The molecule has 8 nitrogen and oxygen atoms in total. The van der Waals surface area contributed by atoms with E-state index in [0.717, 1.165) is 6.07 Å². The maximum absolute atomic E-state index is 12.4. The van der Waals surface area contributed by atoms with Gasteiger partial charge in [-0.3, -0.25) is 10.1 Å². The van der Waals surface area contributed by atoms with Crippen LogP contribution in [0.1, 0.15) is 0 Å². The molecule has 23 heavy (non-hydrogen) atoms. The predicted octanol–water partition coefficient (Wildman–Crippen LogP) is 1.73. The average Bonchev–Trinajstić information content (AvgIpc) is 2.53. The molecule has 0 aliphatic carbocycles. The molecule has 2 rings (SSSR count). The molecule has 9 heteroatoms. The number of benzene rings is 2. The largest absolute Gasteiger partial charge is 0.383 e. The predicted molar refractivity (Wildman–Crippen MR) is 84.9 cm³/mol. The van der Waals surface area contributed by atoms with Crippen LogP contribution < -0.4 is 15.2 Å². The molecule has 2 aromatic rings. The van der Waals surface area contributed by atoms with Crippen LogP contribution in [0.4, 0.5) is 11.4 Å². The highest BCUT2D eigenvalue weighted by atomic mass is 32.2. The van der Waals surface area contributed by atoms with Gasteiger partial charge in [0.2, 0.25) is 0 Å². The summed E-state index contributed by atoms with van der Waals surface area (Å²) in [4.78, 5) is 9.91. The van der Waals surface area contributed by atoms with Crippen molar-refractivity contribution in [3.05, 3.63) is 58.6 Å². The highest BCUT2D eigenvalue weighted by Gasteiger charge is 2.24. The molecule has 122 valence electrons. The lowest BCUT2D eigenvalue weighted by Gasteiger charge is -2.12. The summed E-state index contributed by atoms with van der Waals surface area (Å²) in [7, 11) is -4.24. The number of anilines is 1. The van der Waals surface area contributed by atoms with Crippen LogP contribution in [0.5, 0.6) is 5.75 Å². The number of nitrogens with zero attached hydrogens (tertiary/aromatic N) is 1. The fraction of sp³-hybridized carbons (Fsp3) is 0.143. The van der Waals surface area contributed by atoms with Crippen molar-refractivity contribution in [2.45, 2.75) is 4.90 Å². The Morgan fingerprint density at radius 1 is 1.17 bits per heavy atom. The van der Waals surface area contributed by atoms with Crippen LogP contribution >= 0.6 is 0 Å². The molecule has 0 unspecified atom stereocenters. The molecule has 0 bridgehead atoms. The summed E-state index contributed by atoms with van der Waals surface area (Å²) in [5.41, 5.74) is 5.23. The monoisotopic (exact) mass is 337 g/mol. The quantitative estimate of drug-likeness (QED) is 0.448. The van der Waals surface area contributed by atoms with Crippen molar-refractivity contribution < 1.29 is 17.5 Å². The molecule has 0 amide bonds. The zero-order valence-electron chi connectivity index (χ0n) is 12.0. The molecule has 3 N–H and O–H groups in total. The zero-order chi connectivity index (χ0) is 16.9. The number of nitro benzene ring substituents is 1. The average molecular weight is 337 g/mol. The lowest BCUT2D eigenvalue weighted by molar-refractivity contribution is -0.385. The van der Waals surface area contributed by atoms with Crippen molar-refractivity contribution in [2.75, 3.05) is 18.4 Å². The Balaban J connectivity index is 2.44. The summed E-state index contributed by atoms with van der Waals surface area (Å²) in [6.45, 7) is 0.585. The third-order valence-corrected chi connectivity index (χ3v) is 4.14. The Morgan fingerprint density at radius 3 is 2.48 bits per heavy atom. The number of nitrogens with one attached hydrogen (secondary N) is 1. The molecule has 0 heterocycles. The number of hydrogen-bond donors (Lipinski definition) is 2. The molecule has 0 aliphatic rings. The van der Waals surface area contributed by atoms with Crippen molar-refractivity contribution in [3.63, 3.8) is 0 Å². The van der Waals surface area contributed by atoms with Gasteiger partial charge in [-0.05, 0) is 18.2 Å². The fourth-order valence-electron chi connectivity index (χ4n) is 1.83. The molecule has 0 aromatic heterocycles. The lowest BCUT2D eigenvalue weighted by Crippen LogP contribution is -2.17. The van der Waals surface area contributed by atoms with Crippen molar-refractivity contribution in [3.8, 4) is 5.75 Å². The van der Waals surface area contributed by atoms with Gasteiger partial charge in [0.05, 0.1) is 10.6 Å². The molecule has 0 fully saturated rings. The van der Waals surface area contributed by atoms with E-state index in [1.165, 1.54) is 24.3 Å². The molecular formula is C14H15N3O5S. The van der Waals surface area contributed by atoms with Crippen molar-refractivity contribution in [2.24, 2.45) is 5.73 Å². The fourth-order valence-corrected chi connectivity index (χ4v) is 2.96. The topological polar surface area (TPSA) is 125 Å². The van der Waals surface area contributed by atoms with Gasteiger partial charge in [-0.1, -0.05) is 18.2 Å². The van der Waals surface area contributed by atoms with Gasteiger partial charge in [-0.25, -0.2) is 0 Å². The van der Waals surface area contributed by atoms with Crippen molar-refractivity contribution in [1.82, 2.24) is 0 Å². The van der Waals surface area contributed by atoms with Crippen LogP contribution in [0, 0.1) is 10.1 Å².